The van der Waals surface area contributed by atoms with E-state index < -0.39 is 0 Å². The molecule has 0 aromatic carbocycles. The van der Waals surface area contributed by atoms with E-state index in [-0.39, 0.29) is 5.56 Å². The molecule has 2 aromatic rings. The Hall–Kier alpha value is -1.18. The van der Waals surface area contributed by atoms with E-state index in [9.17, 15) is 4.79 Å². The lowest BCUT2D eigenvalue weighted by atomic mass is 10.2. The SMILES string of the molecule is CCCc1nc(-c2ccnn2C)[nH]c(=O)c1I. The van der Waals surface area contributed by atoms with Gasteiger partial charge in [0.15, 0.2) is 5.82 Å². The van der Waals surface area contributed by atoms with Crippen LogP contribution in [-0.4, -0.2) is 19.7 Å². The molecule has 0 unspecified atom stereocenters. The van der Waals surface area contributed by atoms with Crippen LogP contribution < -0.4 is 5.56 Å². The van der Waals surface area contributed by atoms with E-state index in [4.69, 9.17) is 0 Å². The van der Waals surface area contributed by atoms with Crippen LogP contribution in [-0.2, 0) is 13.5 Å². The van der Waals surface area contributed by atoms with Gasteiger partial charge in [-0.3, -0.25) is 9.48 Å². The van der Waals surface area contributed by atoms with Crippen LogP contribution in [0.25, 0.3) is 11.5 Å². The number of rotatable bonds is 3. The summed E-state index contributed by atoms with van der Waals surface area (Å²) in [5, 5.41) is 4.07. The first-order chi connectivity index (χ1) is 8.13. The Balaban J connectivity index is 2.57. The van der Waals surface area contributed by atoms with Crippen LogP contribution in [0.15, 0.2) is 17.1 Å². The van der Waals surface area contributed by atoms with Crippen molar-refractivity contribution in [3.63, 3.8) is 0 Å². The summed E-state index contributed by atoms with van der Waals surface area (Å²) in [4.78, 5) is 19.1. The number of aryl methyl sites for hydroxylation is 2. The second kappa shape index (κ2) is 4.99. The molecular weight excluding hydrogens is 331 g/mol. The van der Waals surface area contributed by atoms with Crippen LogP contribution in [0.3, 0.4) is 0 Å². The highest BCUT2D eigenvalue weighted by Crippen LogP contribution is 2.15. The fourth-order valence-corrected chi connectivity index (χ4v) is 2.16. The summed E-state index contributed by atoms with van der Waals surface area (Å²) >= 11 is 2.04. The highest BCUT2D eigenvalue weighted by Gasteiger charge is 2.11. The van der Waals surface area contributed by atoms with Gasteiger partial charge < -0.3 is 4.98 Å². The number of hydrogen-bond donors (Lipinski definition) is 1. The molecule has 6 heteroatoms. The van der Waals surface area contributed by atoms with E-state index in [2.05, 4.69) is 22.0 Å². The van der Waals surface area contributed by atoms with Gasteiger partial charge in [0, 0.05) is 13.2 Å². The molecule has 0 saturated heterocycles. The van der Waals surface area contributed by atoms with Crippen molar-refractivity contribution < 1.29 is 0 Å². The number of aromatic amines is 1. The number of nitrogens with one attached hydrogen (secondary N) is 1. The second-order valence-electron chi connectivity index (χ2n) is 3.77. The lowest BCUT2D eigenvalue weighted by Gasteiger charge is -2.05. The van der Waals surface area contributed by atoms with E-state index in [1.54, 1.807) is 10.9 Å². The van der Waals surface area contributed by atoms with Crippen LogP contribution in [0.5, 0.6) is 0 Å². The highest BCUT2D eigenvalue weighted by atomic mass is 127. The van der Waals surface area contributed by atoms with Gasteiger partial charge in [0.05, 0.1) is 9.26 Å². The van der Waals surface area contributed by atoms with Crippen molar-refractivity contribution >= 4 is 22.6 Å². The summed E-state index contributed by atoms with van der Waals surface area (Å²) < 4.78 is 2.37. The number of halogens is 1. The molecule has 1 N–H and O–H groups in total. The maximum absolute atomic E-state index is 11.8. The van der Waals surface area contributed by atoms with Gasteiger partial charge in [-0.05, 0) is 35.1 Å². The van der Waals surface area contributed by atoms with Gasteiger partial charge in [0.25, 0.3) is 5.56 Å². The molecule has 2 aromatic heterocycles. The van der Waals surface area contributed by atoms with Crippen LogP contribution in [0.1, 0.15) is 19.0 Å². The minimum absolute atomic E-state index is 0.0831. The average molecular weight is 344 g/mol. The van der Waals surface area contributed by atoms with E-state index in [0.29, 0.717) is 9.39 Å². The molecule has 5 nitrogen and oxygen atoms in total. The fourth-order valence-electron chi connectivity index (χ4n) is 1.64. The number of hydrogen-bond acceptors (Lipinski definition) is 3. The Morgan fingerprint density at radius 2 is 2.29 bits per heavy atom. The van der Waals surface area contributed by atoms with Gasteiger partial charge in [-0.2, -0.15) is 5.10 Å². The van der Waals surface area contributed by atoms with Gasteiger partial charge in [0.1, 0.15) is 5.69 Å². The molecule has 0 amide bonds. The first kappa shape index (κ1) is 12.3. The van der Waals surface area contributed by atoms with E-state index in [1.807, 2.05) is 35.7 Å². The van der Waals surface area contributed by atoms with Crippen LogP contribution in [0.4, 0.5) is 0 Å². The molecule has 17 heavy (non-hydrogen) atoms. The minimum atomic E-state index is -0.0831. The molecule has 2 heterocycles. The first-order valence-corrected chi connectivity index (χ1v) is 6.48. The van der Waals surface area contributed by atoms with Crippen molar-refractivity contribution in [3.05, 3.63) is 31.9 Å². The predicted octanol–water partition coefficient (Wildman–Crippen LogP) is 1.73. The summed E-state index contributed by atoms with van der Waals surface area (Å²) in [6, 6.07) is 1.83. The summed E-state index contributed by atoms with van der Waals surface area (Å²) in [6.45, 7) is 2.07. The number of aromatic nitrogens is 4. The molecule has 0 radical (unpaired) electrons. The summed E-state index contributed by atoms with van der Waals surface area (Å²) in [6.07, 6.45) is 3.47. The van der Waals surface area contributed by atoms with Crippen molar-refractivity contribution in [3.8, 4) is 11.5 Å². The van der Waals surface area contributed by atoms with Gasteiger partial charge in [-0.1, -0.05) is 13.3 Å². The smallest absolute Gasteiger partial charge is 0.264 e. The van der Waals surface area contributed by atoms with Crippen molar-refractivity contribution in [1.29, 1.82) is 0 Å². The molecule has 0 fully saturated rings. The van der Waals surface area contributed by atoms with E-state index in [0.717, 1.165) is 24.2 Å². The monoisotopic (exact) mass is 344 g/mol. The Labute approximate surface area is 112 Å². The van der Waals surface area contributed by atoms with E-state index in [1.165, 1.54) is 0 Å². The molecule has 0 aliphatic carbocycles. The predicted molar refractivity (Wildman–Crippen MR) is 73.8 cm³/mol. The fraction of sp³-hybridized carbons (Fsp3) is 0.364. The third-order valence-electron chi connectivity index (χ3n) is 2.48. The lowest BCUT2D eigenvalue weighted by molar-refractivity contribution is 0.765. The quantitative estimate of drug-likeness (QED) is 0.863. The number of H-pyrrole nitrogens is 1. The molecule has 2 rings (SSSR count). The largest absolute Gasteiger partial charge is 0.304 e. The zero-order valence-electron chi connectivity index (χ0n) is 9.70. The Morgan fingerprint density at radius 3 is 2.88 bits per heavy atom. The van der Waals surface area contributed by atoms with Crippen LogP contribution in [0, 0.1) is 3.57 Å². The van der Waals surface area contributed by atoms with Crippen molar-refractivity contribution in [1.82, 2.24) is 19.7 Å². The molecule has 0 saturated carbocycles. The molecular formula is C11H13IN4O. The molecule has 0 bridgehead atoms. The van der Waals surface area contributed by atoms with Gasteiger partial charge >= 0.3 is 0 Å². The Morgan fingerprint density at radius 1 is 1.53 bits per heavy atom. The minimum Gasteiger partial charge on any atom is -0.304 e. The average Bonchev–Trinajstić information content (AvgIpc) is 2.71. The Bertz CT molecular complexity index is 587. The molecule has 0 spiro atoms. The maximum atomic E-state index is 11.8. The first-order valence-electron chi connectivity index (χ1n) is 5.40. The topological polar surface area (TPSA) is 63.6 Å². The normalized spacial score (nSPS) is 10.8. The maximum Gasteiger partial charge on any atom is 0.264 e. The standard InChI is InChI=1S/C11H13IN4O/c1-3-4-7-9(12)11(17)15-10(14-7)8-5-6-13-16(8)2/h5-6H,3-4H2,1-2H3,(H,14,15,17). The van der Waals surface area contributed by atoms with Crippen molar-refractivity contribution in [2.45, 2.75) is 19.8 Å². The second-order valence-corrected chi connectivity index (χ2v) is 4.84. The third kappa shape index (κ3) is 2.41. The molecule has 0 atom stereocenters. The van der Waals surface area contributed by atoms with E-state index >= 15 is 0 Å². The van der Waals surface area contributed by atoms with Crippen molar-refractivity contribution in [2.24, 2.45) is 7.05 Å². The number of nitrogens with zero attached hydrogens (tertiary/aromatic N) is 3. The van der Waals surface area contributed by atoms with Gasteiger partial charge in [-0.15, -0.1) is 0 Å². The Kier molecular flexibility index (Phi) is 3.60. The third-order valence-corrected chi connectivity index (χ3v) is 3.59. The zero-order chi connectivity index (χ0) is 12.4. The molecule has 0 aliphatic heterocycles. The molecule has 0 aliphatic rings. The van der Waals surface area contributed by atoms with Crippen molar-refractivity contribution in [2.75, 3.05) is 0 Å². The summed E-state index contributed by atoms with van der Waals surface area (Å²) in [7, 11) is 1.83. The van der Waals surface area contributed by atoms with Crippen LogP contribution in [0.2, 0.25) is 0 Å². The highest BCUT2D eigenvalue weighted by molar-refractivity contribution is 14.1. The summed E-state index contributed by atoms with van der Waals surface area (Å²) in [5.41, 5.74) is 1.59. The lowest BCUT2D eigenvalue weighted by Crippen LogP contribution is -2.17. The zero-order valence-corrected chi connectivity index (χ0v) is 11.9. The van der Waals surface area contributed by atoms with Crippen LogP contribution >= 0.6 is 22.6 Å². The summed E-state index contributed by atoms with van der Waals surface area (Å²) in [5.74, 6) is 0.582. The molecule has 90 valence electrons. The van der Waals surface area contributed by atoms with Gasteiger partial charge in [0.2, 0.25) is 0 Å². The van der Waals surface area contributed by atoms with Gasteiger partial charge in [-0.25, -0.2) is 4.98 Å².